The molecule has 0 saturated heterocycles. The highest BCUT2D eigenvalue weighted by Gasteiger charge is 2.20. The Labute approximate surface area is 137 Å². The Kier molecular flexibility index (Phi) is 9.70. The van der Waals surface area contributed by atoms with Crippen molar-refractivity contribution < 1.29 is 9.59 Å². The van der Waals surface area contributed by atoms with Gasteiger partial charge in [0.15, 0.2) is 0 Å². The van der Waals surface area contributed by atoms with Crippen molar-refractivity contribution >= 4 is 11.8 Å². The molecule has 0 bridgehead atoms. The third-order valence-electron chi connectivity index (χ3n) is 3.65. The number of rotatable bonds is 12. The van der Waals surface area contributed by atoms with Gasteiger partial charge in [-0.25, -0.2) is 4.98 Å². The fraction of sp³-hybridized carbons (Fsp3) is 0.688. The van der Waals surface area contributed by atoms with Gasteiger partial charge in [-0.2, -0.15) is 0 Å². The minimum Gasteiger partial charge on any atom is -0.354 e. The lowest BCUT2D eigenvalue weighted by Crippen LogP contribution is -2.49. The fourth-order valence-electron chi connectivity index (χ4n) is 2.32. The Bertz CT molecular complexity index is 447. The molecule has 1 atom stereocenters. The van der Waals surface area contributed by atoms with Crippen LogP contribution in [0.15, 0.2) is 12.5 Å². The standard InChI is InChI=1S/C16H29N5O2/c1-2-3-4-5-6-7-8-19-16(23)14(21-15(22)10-17)9-13-11-18-12-20-13/h11-12,14H,2-10,17H2,1H3,(H,18,20)(H,19,23)(H,21,22)/t14-/m0/s1. The van der Waals surface area contributed by atoms with Crippen LogP contribution in [0.1, 0.15) is 51.1 Å². The van der Waals surface area contributed by atoms with Crippen molar-refractivity contribution in [1.29, 1.82) is 0 Å². The van der Waals surface area contributed by atoms with Gasteiger partial charge in [0.2, 0.25) is 11.8 Å². The molecule has 1 aromatic rings. The largest absolute Gasteiger partial charge is 0.354 e. The van der Waals surface area contributed by atoms with Crippen molar-refractivity contribution in [2.45, 2.75) is 57.9 Å². The minimum absolute atomic E-state index is 0.135. The molecular weight excluding hydrogens is 294 g/mol. The molecule has 1 heterocycles. The van der Waals surface area contributed by atoms with Gasteiger partial charge >= 0.3 is 0 Å². The smallest absolute Gasteiger partial charge is 0.242 e. The van der Waals surface area contributed by atoms with Crippen LogP contribution < -0.4 is 16.4 Å². The maximum atomic E-state index is 12.3. The zero-order valence-electron chi connectivity index (χ0n) is 13.9. The SMILES string of the molecule is CCCCCCCCNC(=O)[C@H](Cc1cnc[nH]1)NC(=O)CN. The van der Waals surface area contributed by atoms with E-state index in [9.17, 15) is 9.59 Å². The molecule has 7 heteroatoms. The predicted molar refractivity (Wildman–Crippen MR) is 89.7 cm³/mol. The molecule has 130 valence electrons. The van der Waals surface area contributed by atoms with Gasteiger partial charge in [-0.3, -0.25) is 9.59 Å². The molecule has 1 rings (SSSR count). The van der Waals surface area contributed by atoms with Crippen molar-refractivity contribution in [3.8, 4) is 0 Å². The zero-order chi connectivity index (χ0) is 16.9. The molecule has 0 spiro atoms. The second kappa shape index (κ2) is 11.6. The normalized spacial score (nSPS) is 11.9. The summed E-state index contributed by atoms with van der Waals surface area (Å²) in [4.78, 5) is 30.6. The van der Waals surface area contributed by atoms with E-state index < -0.39 is 6.04 Å². The van der Waals surface area contributed by atoms with Gasteiger partial charge in [0.05, 0.1) is 12.9 Å². The second-order valence-corrected chi connectivity index (χ2v) is 5.66. The number of amides is 2. The van der Waals surface area contributed by atoms with Gasteiger partial charge in [0.25, 0.3) is 0 Å². The van der Waals surface area contributed by atoms with E-state index in [2.05, 4.69) is 27.5 Å². The van der Waals surface area contributed by atoms with Crippen LogP contribution in [0.3, 0.4) is 0 Å². The van der Waals surface area contributed by atoms with Gasteiger partial charge in [-0.1, -0.05) is 39.0 Å². The number of hydrogen-bond donors (Lipinski definition) is 4. The van der Waals surface area contributed by atoms with Crippen molar-refractivity contribution in [2.24, 2.45) is 5.73 Å². The summed E-state index contributed by atoms with van der Waals surface area (Å²) in [5, 5.41) is 5.54. The van der Waals surface area contributed by atoms with E-state index in [0.717, 1.165) is 18.5 Å². The van der Waals surface area contributed by atoms with Crippen molar-refractivity contribution in [2.75, 3.05) is 13.1 Å². The number of aromatic nitrogens is 2. The summed E-state index contributed by atoms with van der Waals surface area (Å²) in [5.41, 5.74) is 6.10. The first-order chi connectivity index (χ1) is 11.2. The van der Waals surface area contributed by atoms with E-state index >= 15 is 0 Å². The molecule has 0 fully saturated rings. The summed E-state index contributed by atoms with van der Waals surface area (Å²) in [6.07, 6.45) is 10.6. The van der Waals surface area contributed by atoms with E-state index in [1.807, 2.05) is 0 Å². The van der Waals surface area contributed by atoms with Crippen LogP contribution in [0.4, 0.5) is 0 Å². The first kappa shape index (κ1) is 19.2. The van der Waals surface area contributed by atoms with E-state index in [0.29, 0.717) is 13.0 Å². The third-order valence-corrected chi connectivity index (χ3v) is 3.65. The Balaban J connectivity index is 2.34. The summed E-state index contributed by atoms with van der Waals surface area (Å²) in [7, 11) is 0. The number of H-pyrrole nitrogens is 1. The lowest BCUT2D eigenvalue weighted by Gasteiger charge is -2.17. The highest BCUT2D eigenvalue weighted by molar-refractivity contribution is 5.88. The lowest BCUT2D eigenvalue weighted by molar-refractivity contribution is -0.128. The molecule has 0 aromatic carbocycles. The van der Waals surface area contributed by atoms with E-state index in [4.69, 9.17) is 5.73 Å². The van der Waals surface area contributed by atoms with Crippen LogP contribution in [-0.2, 0) is 16.0 Å². The molecule has 7 nitrogen and oxygen atoms in total. The Morgan fingerprint density at radius 3 is 2.65 bits per heavy atom. The number of carbonyl (C=O) groups is 2. The Morgan fingerprint density at radius 2 is 2.00 bits per heavy atom. The molecule has 0 aliphatic carbocycles. The quantitative estimate of drug-likeness (QED) is 0.427. The third kappa shape index (κ3) is 8.35. The topological polar surface area (TPSA) is 113 Å². The number of aromatic amines is 1. The van der Waals surface area contributed by atoms with Crippen molar-refractivity contribution in [3.63, 3.8) is 0 Å². The maximum Gasteiger partial charge on any atom is 0.242 e. The molecule has 0 unspecified atom stereocenters. The van der Waals surface area contributed by atoms with Crippen LogP contribution in [0, 0.1) is 0 Å². The molecule has 2 amide bonds. The number of nitrogens with two attached hydrogens (primary N) is 1. The number of unbranched alkanes of at least 4 members (excludes halogenated alkanes) is 5. The second-order valence-electron chi connectivity index (χ2n) is 5.66. The van der Waals surface area contributed by atoms with Crippen LogP contribution in [0.5, 0.6) is 0 Å². The minimum atomic E-state index is -0.633. The van der Waals surface area contributed by atoms with E-state index in [1.165, 1.54) is 25.7 Å². The molecule has 0 radical (unpaired) electrons. The fourth-order valence-corrected chi connectivity index (χ4v) is 2.32. The summed E-state index contributed by atoms with van der Waals surface area (Å²) in [6, 6.07) is -0.633. The molecule has 0 aliphatic heterocycles. The van der Waals surface area contributed by atoms with Gasteiger partial charge in [0, 0.05) is 24.9 Å². The first-order valence-electron chi connectivity index (χ1n) is 8.41. The van der Waals surface area contributed by atoms with Crippen LogP contribution >= 0.6 is 0 Å². The number of carbonyl (C=O) groups excluding carboxylic acids is 2. The number of nitrogens with one attached hydrogen (secondary N) is 3. The van der Waals surface area contributed by atoms with E-state index in [-0.39, 0.29) is 18.4 Å². The molecule has 1 aromatic heterocycles. The van der Waals surface area contributed by atoms with Crippen LogP contribution in [0.2, 0.25) is 0 Å². The molecular formula is C16H29N5O2. The summed E-state index contributed by atoms with van der Waals surface area (Å²) in [6.45, 7) is 2.68. The highest BCUT2D eigenvalue weighted by atomic mass is 16.2. The molecule has 0 aliphatic rings. The number of hydrogen-bond acceptors (Lipinski definition) is 4. The first-order valence-corrected chi connectivity index (χ1v) is 8.41. The van der Waals surface area contributed by atoms with Crippen molar-refractivity contribution in [1.82, 2.24) is 20.6 Å². The summed E-state index contributed by atoms with van der Waals surface area (Å²) in [5.74, 6) is -0.529. The number of imidazole rings is 1. The van der Waals surface area contributed by atoms with Gasteiger partial charge in [-0.05, 0) is 6.42 Å². The van der Waals surface area contributed by atoms with Crippen molar-refractivity contribution in [3.05, 3.63) is 18.2 Å². The summed E-state index contributed by atoms with van der Waals surface area (Å²) >= 11 is 0. The molecule has 0 saturated carbocycles. The maximum absolute atomic E-state index is 12.3. The average molecular weight is 323 g/mol. The monoisotopic (exact) mass is 323 g/mol. The molecule has 23 heavy (non-hydrogen) atoms. The molecule has 5 N–H and O–H groups in total. The van der Waals surface area contributed by atoms with Gasteiger partial charge in [0.1, 0.15) is 6.04 Å². The van der Waals surface area contributed by atoms with E-state index in [1.54, 1.807) is 12.5 Å². The Morgan fingerprint density at radius 1 is 1.26 bits per heavy atom. The lowest BCUT2D eigenvalue weighted by atomic mass is 10.1. The van der Waals surface area contributed by atoms with Gasteiger partial charge < -0.3 is 21.4 Å². The average Bonchev–Trinajstić information content (AvgIpc) is 3.06. The van der Waals surface area contributed by atoms with Crippen LogP contribution in [0.25, 0.3) is 0 Å². The predicted octanol–water partition coefficient (Wildman–Crippen LogP) is 0.872. The number of nitrogens with zero attached hydrogens (tertiary/aromatic N) is 1. The Hall–Kier alpha value is -1.89. The zero-order valence-corrected chi connectivity index (χ0v) is 13.9. The van der Waals surface area contributed by atoms with Gasteiger partial charge in [-0.15, -0.1) is 0 Å². The summed E-state index contributed by atoms with van der Waals surface area (Å²) < 4.78 is 0. The van der Waals surface area contributed by atoms with Crippen LogP contribution in [-0.4, -0.2) is 40.9 Å². The highest BCUT2D eigenvalue weighted by Crippen LogP contribution is 2.04.